The van der Waals surface area contributed by atoms with Gasteiger partial charge in [0.15, 0.2) is 0 Å². The maximum Gasteiger partial charge on any atom is 0.306 e. The predicted molar refractivity (Wildman–Crippen MR) is 80.4 cm³/mol. The SMILES string of the molecule is CCOC(=O)CCS(=O)(=O)N1CCC(C2CCCN2)CC1. The number of piperidine rings is 1. The first-order chi connectivity index (χ1) is 10.0. The standard InChI is InChI=1S/C14H26N2O4S/c1-2-20-14(17)7-11-21(18,19)16-9-5-12(6-10-16)13-4-3-8-15-13/h12-13,15H,2-11H2,1H3. The van der Waals surface area contributed by atoms with Crippen molar-refractivity contribution >= 4 is 16.0 Å². The summed E-state index contributed by atoms with van der Waals surface area (Å²) in [6.45, 7) is 4.25. The molecule has 6 nitrogen and oxygen atoms in total. The Morgan fingerprint density at radius 1 is 1.29 bits per heavy atom. The van der Waals surface area contributed by atoms with Crippen LogP contribution >= 0.6 is 0 Å². The van der Waals surface area contributed by atoms with Gasteiger partial charge in [-0.1, -0.05) is 0 Å². The predicted octanol–water partition coefficient (Wildman–Crippen LogP) is 0.733. The van der Waals surface area contributed by atoms with Crippen LogP contribution in [-0.4, -0.2) is 56.7 Å². The summed E-state index contributed by atoms with van der Waals surface area (Å²) in [5, 5.41) is 3.50. The van der Waals surface area contributed by atoms with Crippen molar-refractivity contribution in [1.29, 1.82) is 0 Å². The second kappa shape index (κ2) is 7.56. The molecule has 1 unspecified atom stereocenters. The molecule has 0 aromatic carbocycles. The van der Waals surface area contributed by atoms with Crippen LogP contribution in [0.25, 0.3) is 0 Å². The summed E-state index contributed by atoms with van der Waals surface area (Å²) in [4.78, 5) is 11.3. The number of sulfonamides is 1. The third-order valence-corrected chi connectivity index (χ3v) is 6.30. The summed E-state index contributed by atoms with van der Waals surface area (Å²) in [7, 11) is -3.33. The van der Waals surface area contributed by atoms with E-state index in [-0.39, 0.29) is 12.2 Å². The van der Waals surface area contributed by atoms with E-state index < -0.39 is 16.0 Å². The van der Waals surface area contributed by atoms with Gasteiger partial charge < -0.3 is 10.1 Å². The Morgan fingerprint density at radius 3 is 2.57 bits per heavy atom. The average Bonchev–Trinajstić information content (AvgIpc) is 3.00. The lowest BCUT2D eigenvalue weighted by molar-refractivity contribution is -0.142. The van der Waals surface area contributed by atoms with Crippen LogP contribution in [0.1, 0.15) is 39.0 Å². The highest BCUT2D eigenvalue weighted by atomic mass is 32.2. The number of nitrogens with zero attached hydrogens (tertiary/aromatic N) is 1. The molecule has 122 valence electrons. The van der Waals surface area contributed by atoms with Gasteiger partial charge in [-0.15, -0.1) is 0 Å². The van der Waals surface area contributed by atoms with Crippen molar-refractivity contribution in [3.63, 3.8) is 0 Å². The highest BCUT2D eigenvalue weighted by Gasteiger charge is 2.32. The summed E-state index contributed by atoms with van der Waals surface area (Å²) in [6, 6.07) is 0.564. The molecule has 7 heteroatoms. The van der Waals surface area contributed by atoms with E-state index >= 15 is 0 Å². The zero-order chi connectivity index (χ0) is 15.3. The van der Waals surface area contributed by atoms with Gasteiger partial charge in [0.05, 0.1) is 18.8 Å². The minimum absolute atomic E-state index is 0.0553. The monoisotopic (exact) mass is 318 g/mol. The summed E-state index contributed by atoms with van der Waals surface area (Å²) in [6.07, 6.45) is 4.20. The number of rotatable bonds is 6. The Bertz CT molecular complexity index is 438. The molecule has 2 heterocycles. The van der Waals surface area contributed by atoms with Gasteiger partial charge in [0.2, 0.25) is 10.0 Å². The lowest BCUT2D eigenvalue weighted by Gasteiger charge is -2.34. The largest absolute Gasteiger partial charge is 0.466 e. The van der Waals surface area contributed by atoms with Gasteiger partial charge in [0.25, 0.3) is 0 Å². The summed E-state index contributed by atoms with van der Waals surface area (Å²) >= 11 is 0. The lowest BCUT2D eigenvalue weighted by atomic mass is 9.89. The van der Waals surface area contributed by atoms with Crippen molar-refractivity contribution in [2.75, 3.05) is 32.0 Å². The van der Waals surface area contributed by atoms with Gasteiger partial charge in [-0.25, -0.2) is 12.7 Å². The fraction of sp³-hybridized carbons (Fsp3) is 0.929. The number of hydrogen-bond acceptors (Lipinski definition) is 5. The van der Waals surface area contributed by atoms with Crippen LogP contribution in [0.4, 0.5) is 0 Å². The summed E-state index contributed by atoms with van der Waals surface area (Å²) in [5.74, 6) is 0.00757. The fourth-order valence-electron chi connectivity index (χ4n) is 3.24. The molecule has 2 aliphatic rings. The van der Waals surface area contributed by atoms with E-state index in [9.17, 15) is 13.2 Å². The van der Waals surface area contributed by atoms with Crippen molar-refractivity contribution in [3.8, 4) is 0 Å². The number of carbonyl (C=O) groups is 1. The van der Waals surface area contributed by atoms with E-state index in [1.165, 1.54) is 17.1 Å². The molecule has 2 fully saturated rings. The smallest absolute Gasteiger partial charge is 0.306 e. The van der Waals surface area contributed by atoms with Gasteiger partial charge in [0, 0.05) is 19.1 Å². The van der Waals surface area contributed by atoms with Crippen molar-refractivity contribution < 1.29 is 17.9 Å². The first kappa shape index (κ1) is 16.7. The number of hydrogen-bond donors (Lipinski definition) is 1. The van der Waals surface area contributed by atoms with E-state index in [2.05, 4.69) is 5.32 Å². The maximum atomic E-state index is 12.2. The zero-order valence-electron chi connectivity index (χ0n) is 12.7. The first-order valence-corrected chi connectivity index (χ1v) is 9.50. The topological polar surface area (TPSA) is 75.7 Å². The highest BCUT2D eigenvalue weighted by Crippen LogP contribution is 2.27. The van der Waals surface area contributed by atoms with Crippen LogP contribution in [0.5, 0.6) is 0 Å². The number of ether oxygens (including phenoxy) is 1. The molecule has 1 N–H and O–H groups in total. The summed E-state index contributed by atoms with van der Waals surface area (Å²) in [5.41, 5.74) is 0. The molecule has 2 saturated heterocycles. The van der Waals surface area contributed by atoms with E-state index in [0.29, 0.717) is 31.7 Å². The molecule has 0 saturated carbocycles. The lowest BCUT2D eigenvalue weighted by Crippen LogP contribution is -2.44. The summed E-state index contributed by atoms with van der Waals surface area (Å²) < 4.78 is 30.8. The van der Waals surface area contributed by atoms with Crippen LogP contribution in [0.3, 0.4) is 0 Å². The van der Waals surface area contributed by atoms with Gasteiger partial charge in [-0.3, -0.25) is 4.79 Å². The molecule has 0 aromatic heterocycles. The van der Waals surface area contributed by atoms with Crippen molar-refractivity contribution in [2.45, 2.75) is 45.1 Å². The minimum atomic E-state index is -3.33. The Balaban J connectivity index is 1.78. The van der Waals surface area contributed by atoms with Crippen LogP contribution in [0, 0.1) is 5.92 Å². The number of carbonyl (C=O) groups excluding carboxylic acids is 1. The molecule has 0 aliphatic carbocycles. The van der Waals surface area contributed by atoms with Crippen molar-refractivity contribution in [1.82, 2.24) is 9.62 Å². The minimum Gasteiger partial charge on any atom is -0.466 e. The van der Waals surface area contributed by atoms with Gasteiger partial charge in [-0.2, -0.15) is 0 Å². The molecule has 2 rings (SSSR count). The zero-order valence-corrected chi connectivity index (χ0v) is 13.5. The molecule has 2 aliphatic heterocycles. The van der Waals surface area contributed by atoms with Gasteiger partial charge in [0.1, 0.15) is 0 Å². The normalized spacial score (nSPS) is 25.1. The second-order valence-electron chi connectivity index (χ2n) is 5.81. The molecule has 0 amide bonds. The second-order valence-corrected chi connectivity index (χ2v) is 7.90. The Kier molecular flexibility index (Phi) is 6.01. The first-order valence-electron chi connectivity index (χ1n) is 7.89. The van der Waals surface area contributed by atoms with E-state index in [1.807, 2.05) is 0 Å². The van der Waals surface area contributed by atoms with Gasteiger partial charge >= 0.3 is 5.97 Å². The molecule has 21 heavy (non-hydrogen) atoms. The third-order valence-electron chi connectivity index (χ3n) is 4.43. The number of nitrogens with one attached hydrogen (secondary N) is 1. The third kappa shape index (κ3) is 4.66. The molecule has 0 aromatic rings. The van der Waals surface area contributed by atoms with Crippen molar-refractivity contribution in [3.05, 3.63) is 0 Å². The number of esters is 1. The highest BCUT2D eigenvalue weighted by molar-refractivity contribution is 7.89. The van der Waals surface area contributed by atoms with E-state index in [4.69, 9.17) is 4.74 Å². The average molecular weight is 318 g/mol. The molecular weight excluding hydrogens is 292 g/mol. The van der Waals surface area contributed by atoms with Crippen LogP contribution in [0.2, 0.25) is 0 Å². The Morgan fingerprint density at radius 2 is 2.00 bits per heavy atom. The van der Waals surface area contributed by atoms with E-state index in [0.717, 1.165) is 19.4 Å². The maximum absolute atomic E-state index is 12.2. The molecule has 1 atom stereocenters. The van der Waals surface area contributed by atoms with Gasteiger partial charge in [-0.05, 0) is 45.1 Å². The fourth-order valence-corrected chi connectivity index (χ4v) is 4.69. The Hall–Kier alpha value is -0.660. The van der Waals surface area contributed by atoms with Crippen molar-refractivity contribution in [2.24, 2.45) is 5.92 Å². The van der Waals surface area contributed by atoms with Crippen LogP contribution in [0.15, 0.2) is 0 Å². The molecular formula is C14H26N2O4S. The van der Waals surface area contributed by atoms with Crippen LogP contribution < -0.4 is 5.32 Å². The molecule has 0 bridgehead atoms. The quantitative estimate of drug-likeness (QED) is 0.731. The van der Waals surface area contributed by atoms with Crippen LogP contribution in [-0.2, 0) is 19.6 Å². The molecule has 0 spiro atoms. The van der Waals surface area contributed by atoms with E-state index in [1.54, 1.807) is 6.92 Å². The Labute approximate surface area is 127 Å². The molecule has 0 radical (unpaired) electrons.